The Bertz CT molecular complexity index is 296. The number of alkyl halides is 2. The van der Waals surface area contributed by atoms with Crippen LogP contribution < -0.4 is 0 Å². The third-order valence-corrected chi connectivity index (χ3v) is 1.34. The van der Waals surface area contributed by atoms with Crippen molar-refractivity contribution >= 4 is 6.29 Å². The predicted molar refractivity (Wildman–Crippen MR) is 36.0 cm³/mol. The molecule has 0 aliphatic rings. The number of benzene rings is 1. The van der Waals surface area contributed by atoms with E-state index < -0.39 is 17.3 Å². The van der Waals surface area contributed by atoms with E-state index in [2.05, 4.69) is 0 Å². The fraction of sp³-hybridized carbons (Fsp3) is 0.125. The number of hydrogen-bond donors (Lipinski definition) is 0. The minimum Gasteiger partial charge on any atom is -0.283 e. The SMILES string of the molecule is O=[C]C(F)(F)c1ccccc1F. The highest BCUT2D eigenvalue weighted by atomic mass is 19.3. The fourth-order valence-electron chi connectivity index (χ4n) is 0.771. The number of carbonyl (C=O) groups excluding carboxylic acids is 1. The van der Waals surface area contributed by atoms with Gasteiger partial charge in [-0.05, 0) is 12.1 Å². The van der Waals surface area contributed by atoms with Crippen LogP contribution in [0.5, 0.6) is 0 Å². The van der Waals surface area contributed by atoms with Crippen molar-refractivity contribution in [1.82, 2.24) is 0 Å². The topological polar surface area (TPSA) is 17.1 Å². The maximum atomic E-state index is 12.6. The number of halogens is 3. The lowest BCUT2D eigenvalue weighted by molar-refractivity contribution is 0.0681. The van der Waals surface area contributed by atoms with Crippen molar-refractivity contribution in [2.45, 2.75) is 5.92 Å². The van der Waals surface area contributed by atoms with E-state index in [0.717, 1.165) is 12.1 Å². The van der Waals surface area contributed by atoms with Gasteiger partial charge in [-0.3, -0.25) is 4.79 Å². The highest BCUT2D eigenvalue weighted by Gasteiger charge is 2.34. The monoisotopic (exact) mass is 173 g/mol. The third-order valence-electron chi connectivity index (χ3n) is 1.34. The molecule has 1 aromatic rings. The molecule has 0 N–H and O–H groups in total. The molecule has 0 spiro atoms. The van der Waals surface area contributed by atoms with Gasteiger partial charge in [0.15, 0.2) is 0 Å². The minimum absolute atomic E-state index is 0.475. The molecular formula is C8H4F3O. The maximum Gasteiger partial charge on any atom is 0.341 e. The second-order valence-electron chi connectivity index (χ2n) is 2.16. The summed E-state index contributed by atoms with van der Waals surface area (Å²) in [6.07, 6.45) is 0.475. The van der Waals surface area contributed by atoms with Crippen LogP contribution in [0, 0.1) is 5.82 Å². The summed E-state index contributed by atoms with van der Waals surface area (Å²) in [5, 5.41) is 0. The van der Waals surface area contributed by atoms with Gasteiger partial charge in [0.05, 0.1) is 5.56 Å². The molecule has 0 atom stereocenters. The van der Waals surface area contributed by atoms with E-state index in [4.69, 9.17) is 0 Å². The van der Waals surface area contributed by atoms with Crippen LogP contribution in [0.2, 0.25) is 0 Å². The Labute approximate surface area is 66.8 Å². The Hall–Kier alpha value is -1.32. The highest BCUT2D eigenvalue weighted by molar-refractivity contribution is 5.64. The summed E-state index contributed by atoms with van der Waals surface area (Å²) in [6.45, 7) is 0. The molecule has 0 amide bonds. The van der Waals surface area contributed by atoms with E-state index in [1.807, 2.05) is 0 Å². The summed E-state index contributed by atoms with van der Waals surface area (Å²) in [4.78, 5) is 9.74. The largest absolute Gasteiger partial charge is 0.341 e. The van der Waals surface area contributed by atoms with E-state index in [1.165, 1.54) is 12.1 Å². The second kappa shape index (κ2) is 2.97. The van der Waals surface area contributed by atoms with Crippen molar-refractivity contribution in [3.63, 3.8) is 0 Å². The van der Waals surface area contributed by atoms with Gasteiger partial charge in [-0.1, -0.05) is 12.1 Å². The molecular weight excluding hydrogens is 169 g/mol. The maximum absolute atomic E-state index is 12.6. The Morgan fingerprint density at radius 3 is 2.33 bits per heavy atom. The zero-order valence-electron chi connectivity index (χ0n) is 5.85. The summed E-state index contributed by atoms with van der Waals surface area (Å²) in [6, 6.07) is 4.20. The average Bonchev–Trinajstić information content (AvgIpc) is 2.05. The summed E-state index contributed by atoms with van der Waals surface area (Å²) >= 11 is 0. The third kappa shape index (κ3) is 1.47. The molecule has 1 radical (unpaired) electrons. The zero-order chi connectivity index (χ0) is 9.19. The molecule has 63 valence electrons. The van der Waals surface area contributed by atoms with Crippen molar-refractivity contribution in [2.75, 3.05) is 0 Å². The minimum atomic E-state index is -3.86. The molecule has 0 saturated heterocycles. The van der Waals surface area contributed by atoms with Crippen LogP contribution in [0.1, 0.15) is 5.56 Å². The molecule has 1 nitrogen and oxygen atoms in total. The molecule has 12 heavy (non-hydrogen) atoms. The number of rotatable bonds is 2. The Kier molecular flexibility index (Phi) is 2.17. The van der Waals surface area contributed by atoms with Gasteiger partial charge < -0.3 is 0 Å². The van der Waals surface area contributed by atoms with Crippen LogP contribution in [0.4, 0.5) is 13.2 Å². The Morgan fingerprint density at radius 2 is 1.83 bits per heavy atom. The predicted octanol–water partition coefficient (Wildman–Crippen LogP) is 2.03. The van der Waals surface area contributed by atoms with Gasteiger partial charge >= 0.3 is 5.92 Å². The first-order valence-corrected chi connectivity index (χ1v) is 3.10. The Balaban J connectivity index is 3.19. The van der Waals surface area contributed by atoms with Crippen LogP contribution in [0.25, 0.3) is 0 Å². The molecule has 0 aromatic heterocycles. The molecule has 1 aromatic carbocycles. The number of hydrogen-bond acceptors (Lipinski definition) is 1. The van der Waals surface area contributed by atoms with Crippen molar-refractivity contribution < 1.29 is 18.0 Å². The standard InChI is InChI=1S/C8H4F3O/c9-7-4-2-1-3-6(7)8(10,11)5-12/h1-4H. The van der Waals surface area contributed by atoms with Gasteiger partial charge in [-0.2, -0.15) is 8.78 Å². The van der Waals surface area contributed by atoms with Gasteiger partial charge in [0.1, 0.15) is 5.82 Å². The van der Waals surface area contributed by atoms with Crippen LogP contribution in [0.3, 0.4) is 0 Å². The first-order valence-electron chi connectivity index (χ1n) is 3.10. The van der Waals surface area contributed by atoms with E-state index >= 15 is 0 Å². The lowest BCUT2D eigenvalue weighted by Crippen LogP contribution is -2.16. The lowest BCUT2D eigenvalue weighted by Gasteiger charge is -2.07. The van der Waals surface area contributed by atoms with Crippen molar-refractivity contribution in [1.29, 1.82) is 0 Å². The van der Waals surface area contributed by atoms with Crippen LogP contribution in [0.15, 0.2) is 24.3 Å². The molecule has 0 unspecified atom stereocenters. The molecule has 0 heterocycles. The van der Waals surface area contributed by atoms with E-state index in [0.29, 0.717) is 6.29 Å². The summed E-state index contributed by atoms with van der Waals surface area (Å²) in [5.41, 5.74) is -0.944. The highest BCUT2D eigenvalue weighted by Crippen LogP contribution is 2.27. The van der Waals surface area contributed by atoms with Crippen LogP contribution >= 0.6 is 0 Å². The molecule has 0 aliphatic carbocycles. The van der Waals surface area contributed by atoms with Gasteiger partial charge in [0.2, 0.25) is 0 Å². The van der Waals surface area contributed by atoms with Gasteiger partial charge in [-0.15, -0.1) is 0 Å². The first-order chi connectivity index (χ1) is 5.58. The quantitative estimate of drug-likeness (QED) is 0.668. The zero-order valence-corrected chi connectivity index (χ0v) is 5.85. The summed E-state index contributed by atoms with van der Waals surface area (Å²) in [5.74, 6) is -4.96. The second-order valence-corrected chi connectivity index (χ2v) is 2.16. The molecule has 0 bridgehead atoms. The normalized spacial score (nSPS) is 11.2. The van der Waals surface area contributed by atoms with Crippen LogP contribution in [-0.2, 0) is 10.7 Å². The van der Waals surface area contributed by atoms with Gasteiger partial charge in [0, 0.05) is 0 Å². The molecule has 0 aliphatic heterocycles. The molecule has 0 fully saturated rings. The van der Waals surface area contributed by atoms with Crippen molar-refractivity contribution in [2.24, 2.45) is 0 Å². The summed E-state index contributed by atoms with van der Waals surface area (Å²) in [7, 11) is 0. The fourth-order valence-corrected chi connectivity index (χ4v) is 0.771. The van der Waals surface area contributed by atoms with Crippen molar-refractivity contribution in [3.05, 3.63) is 35.6 Å². The Morgan fingerprint density at radius 1 is 1.25 bits per heavy atom. The van der Waals surface area contributed by atoms with Gasteiger partial charge in [-0.25, -0.2) is 4.39 Å². The van der Waals surface area contributed by atoms with E-state index in [-0.39, 0.29) is 0 Å². The van der Waals surface area contributed by atoms with Gasteiger partial charge in [0.25, 0.3) is 6.29 Å². The summed E-state index contributed by atoms with van der Waals surface area (Å²) < 4.78 is 37.6. The molecule has 0 saturated carbocycles. The molecule has 4 heteroatoms. The van der Waals surface area contributed by atoms with E-state index in [9.17, 15) is 18.0 Å². The first kappa shape index (κ1) is 8.77. The van der Waals surface area contributed by atoms with Crippen LogP contribution in [-0.4, -0.2) is 6.29 Å². The van der Waals surface area contributed by atoms with E-state index in [1.54, 1.807) is 0 Å². The average molecular weight is 173 g/mol. The molecule has 1 rings (SSSR count). The lowest BCUT2D eigenvalue weighted by atomic mass is 10.1. The smallest absolute Gasteiger partial charge is 0.283 e. The van der Waals surface area contributed by atoms with Crippen molar-refractivity contribution in [3.8, 4) is 0 Å².